The summed E-state index contributed by atoms with van der Waals surface area (Å²) in [6.07, 6.45) is 4.93. The van der Waals surface area contributed by atoms with Crippen molar-refractivity contribution < 1.29 is 4.21 Å². The fraction of sp³-hybridized carbons (Fsp3) is 1.00. The molecular weight excluding hydrogens is 182 g/mol. The van der Waals surface area contributed by atoms with Crippen molar-refractivity contribution in [3.63, 3.8) is 0 Å². The molecule has 78 valence electrons. The van der Waals surface area contributed by atoms with Crippen LogP contribution in [0.1, 0.15) is 39.5 Å². The third-order valence-electron chi connectivity index (χ3n) is 2.79. The molecule has 0 aromatic heterocycles. The quantitative estimate of drug-likeness (QED) is 0.753. The fourth-order valence-electron chi connectivity index (χ4n) is 2.12. The Morgan fingerprint density at radius 2 is 2.00 bits per heavy atom. The zero-order valence-corrected chi connectivity index (χ0v) is 9.53. The highest BCUT2D eigenvalue weighted by atomic mass is 32.2. The zero-order valence-electron chi connectivity index (χ0n) is 8.71. The van der Waals surface area contributed by atoms with Gasteiger partial charge in [0.15, 0.2) is 0 Å². The average Bonchev–Trinajstić information content (AvgIpc) is 2.18. The van der Waals surface area contributed by atoms with E-state index < -0.39 is 10.8 Å². The molecule has 3 heteroatoms. The highest BCUT2D eigenvalue weighted by Gasteiger charge is 2.27. The van der Waals surface area contributed by atoms with Gasteiger partial charge in [0.25, 0.3) is 0 Å². The Morgan fingerprint density at radius 1 is 1.31 bits per heavy atom. The van der Waals surface area contributed by atoms with Gasteiger partial charge in [0.1, 0.15) is 0 Å². The maximum Gasteiger partial charge on any atom is 0.0501 e. The van der Waals surface area contributed by atoms with Gasteiger partial charge in [0.05, 0.1) is 5.25 Å². The Kier molecular flexibility index (Phi) is 4.96. The van der Waals surface area contributed by atoms with Crippen molar-refractivity contribution in [2.75, 3.05) is 12.3 Å². The van der Waals surface area contributed by atoms with Crippen molar-refractivity contribution in [3.8, 4) is 0 Å². The molecule has 0 spiro atoms. The van der Waals surface area contributed by atoms with Crippen molar-refractivity contribution in [2.24, 2.45) is 0 Å². The summed E-state index contributed by atoms with van der Waals surface area (Å²) in [6, 6.07) is 0.513. The lowest BCUT2D eigenvalue weighted by Crippen LogP contribution is -2.44. The van der Waals surface area contributed by atoms with E-state index >= 15 is 0 Å². The van der Waals surface area contributed by atoms with Crippen LogP contribution < -0.4 is 5.32 Å². The van der Waals surface area contributed by atoms with Gasteiger partial charge in [0, 0.05) is 22.6 Å². The summed E-state index contributed by atoms with van der Waals surface area (Å²) in [6.45, 7) is 5.15. The Balaban J connectivity index is 2.50. The van der Waals surface area contributed by atoms with Gasteiger partial charge >= 0.3 is 0 Å². The van der Waals surface area contributed by atoms with Crippen LogP contribution in [0.15, 0.2) is 0 Å². The Bertz CT molecular complexity index is 170. The Morgan fingerprint density at radius 3 is 2.62 bits per heavy atom. The molecule has 1 rings (SSSR count). The zero-order chi connectivity index (χ0) is 9.68. The Labute approximate surface area is 83.9 Å². The van der Waals surface area contributed by atoms with Gasteiger partial charge in [-0.1, -0.05) is 26.7 Å². The molecule has 3 atom stereocenters. The van der Waals surface area contributed by atoms with Gasteiger partial charge in [-0.2, -0.15) is 0 Å². The second-order valence-corrected chi connectivity index (χ2v) is 5.60. The monoisotopic (exact) mass is 203 g/mol. The average molecular weight is 203 g/mol. The molecule has 0 aliphatic heterocycles. The van der Waals surface area contributed by atoms with E-state index in [1.807, 2.05) is 6.92 Å². The largest absolute Gasteiger partial charge is 0.313 e. The van der Waals surface area contributed by atoms with Gasteiger partial charge in [0.2, 0.25) is 0 Å². The molecule has 0 heterocycles. The maximum absolute atomic E-state index is 11.7. The second-order valence-electron chi connectivity index (χ2n) is 3.66. The van der Waals surface area contributed by atoms with Crippen molar-refractivity contribution >= 4 is 10.8 Å². The molecule has 1 aliphatic carbocycles. The summed E-state index contributed by atoms with van der Waals surface area (Å²) in [4.78, 5) is 0. The van der Waals surface area contributed by atoms with Gasteiger partial charge in [-0.15, -0.1) is 0 Å². The van der Waals surface area contributed by atoms with Crippen LogP contribution in [0, 0.1) is 0 Å². The van der Waals surface area contributed by atoms with E-state index in [0.29, 0.717) is 11.3 Å². The molecule has 2 nitrogen and oxygen atoms in total. The van der Waals surface area contributed by atoms with E-state index in [9.17, 15) is 4.21 Å². The molecule has 1 aliphatic rings. The normalized spacial score (nSPS) is 31.5. The van der Waals surface area contributed by atoms with E-state index in [0.717, 1.165) is 18.7 Å². The maximum atomic E-state index is 11.7. The molecule has 1 saturated carbocycles. The molecule has 0 saturated heterocycles. The lowest BCUT2D eigenvalue weighted by molar-refractivity contribution is 0.385. The Hall–Kier alpha value is 0.110. The smallest absolute Gasteiger partial charge is 0.0501 e. The van der Waals surface area contributed by atoms with Crippen LogP contribution in [-0.4, -0.2) is 27.8 Å². The third-order valence-corrected chi connectivity index (χ3v) is 4.60. The number of nitrogens with one attached hydrogen (secondary N) is 1. The standard InChI is InChI=1S/C10H21NOS/c1-3-11-9-7-5-6-8-10(9)13(12)4-2/h9-11H,3-8H2,1-2H3. The van der Waals surface area contributed by atoms with E-state index in [1.54, 1.807) is 0 Å². The minimum absolute atomic E-state index is 0.415. The summed E-state index contributed by atoms with van der Waals surface area (Å²) in [5.74, 6) is 0.812. The summed E-state index contributed by atoms with van der Waals surface area (Å²) >= 11 is 0. The lowest BCUT2D eigenvalue weighted by atomic mass is 9.95. The van der Waals surface area contributed by atoms with Crippen LogP contribution >= 0.6 is 0 Å². The number of hydrogen-bond acceptors (Lipinski definition) is 2. The molecule has 1 fully saturated rings. The SMILES string of the molecule is CCNC1CCCCC1S(=O)CC. The van der Waals surface area contributed by atoms with Crippen LogP contribution in [0.2, 0.25) is 0 Å². The van der Waals surface area contributed by atoms with Crippen LogP contribution in [-0.2, 0) is 10.8 Å². The molecule has 0 aromatic rings. The predicted octanol–water partition coefficient (Wildman–Crippen LogP) is 1.68. The third kappa shape index (κ3) is 3.06. The van der Waals surface area contributed by atoms with Gasteiger partial charge in [-0.3, -0.25) is 4.21 Å². The van der Waals surface area contributed by atoms with Gasteiger partial charge in [-0.05, 0) is 19.4 Å². The summed E-state index contributed by atoms with van der Waals surface area (Å²) < 4.78 is 11.7. The molecule has 3 unspecified atom stereocenters. The topological polar surface area (TPSA) is 29.1 Å². The highest BCUT2D eigenvalue weighted by Crippen LogP contribution is 2.22. The van der Waals surface area contributed by atoms with E-state index in [2.05, 4.69) is 12.2 Å². The first kappa shape index (κ1) is 11.2. The molecule has 0 bridgehead atoms. The van der Waals surface area contributed by atoms with Gasteiger partial charge < -0.3 is 5.32 Å². The molecule has 1 N–H and O–H groups in total. The van der Waals surface area contributed by atoms with E-state index in [-0.39, 0.29) is 0 Å². The first-order chi connectivity index (χ1) is 6.29. The minimum Gasteiger partial charge on any atom is -0.313 e. The lowest BCUT2D eigenvalue weighted by Gasteiger charge is -2.31. The van der Waals surface area contributed by atoms with Gasteiger partial charge in [-0.25, -0.2) is 0 Å². The highest BCUT2D eigenvalue weighted by molar-refractivity contribution is 7.85. The minimum atomic E-state index is -0.607. The molecule has 0 radical (unpaired) electrons. The fourth-order valence-corrected chi connectivity index (χ4v) is 3.58. The summed E-state index contributed by atoms with van der Waals surface area (Å²) in [5, 5.41) is 3.87. The predicted molar refractivity (Wildman–Crippen MR) is 58.4 cm³/mol. The van der Waals surface area contributed by atoms with Crippen LogP contribution in [0.4, 0.5) is 0 Å². The molecular formula is C10H21NOS. The first-order valence-electron chi connectivity index (χ1n) is 5.40. The van der Waals surface area contributed by atoms with Crippen LogP contribution in [0.5, 0.6) is 0 Å². The van der Waals surface area contributed by atoms with E-state index in [4.69, 9.17) is 0 Å². The molecule has 0 aromatic carbocycles. The first-order valence-corrected chi connectivity index (χ1v) is 6.78. The van der Waals surface area contributed by atoms with Crippen molar-refractivity contribution in [1.82, 2.24) is 5.32 Å². The van der Waals surface area contributed by atoms with Crippen molar-refractivity contribution in [3.05, 3.63) is 0 Å². The second kappa shape index (κ2) is 5.76. The number of rotatable bonds is 4. The van der Waals surface area contributed by atoms with Crippen LogP contribution in [0.25, 0.3) is 0 Å². The number of hydrogen-bond donors (Lipinski definition) is 1. The van der Waals surface area contributed by atoms with Crippen molar-refractivity contribution in [2.45, 2.75) is 50.8 Å². The molecule has 13 heavy (non-hydrogen) atoms. The van der Waals surface area contributed by atoms with E-state index in [1.165, 1.54) is 19.3 Å². The van der Waals surface area contributed by atoms with Crippen molar-refractivity contribution in [1.29, 1.82) is 0 Å². The summed E-state index contributed by atoms with van der Waals surface area (Å²) in [5.41, 5.74) is 0. The summed E-state index contributed by atoms with van der Waals surface area (Å²) in [7, 11) is -0.607. The van der Waals surface area contributed by atoms with Crippen LogP contribution in [0.3, 0.4) is 0 Å². The molecule has 0 amide bonds.